The van der Waals surface area contributed by atoms with Crippen LogP contribution in [0.4, 0.5) is 5.13 Å². The second-order valence-corrected chi connectivity index (χ2v) is 7.18. The van der Waals surface area contributed by atoms with E-state index in [1.807, 2.05) is 14.0 Å². The number of rotatable bonds is 4. The molecule has 0 spiro atoms. The molecule has 2 N–H and O–H groups in total. The van der Waals surface area contributed by atoms with Crippen molar-refractivity contribution in [1.82, 2.24) is 10.3 Å². The molecule has 0 aliphatic heterocycles. The Morgan fingerprint density at radius 2 is 2.10 bits per heavy atom. The molecule has 1 aliphatic rings. The van der Waals surface area contributed by atoms with Gasteiger partial charge in [-0.25, -0.2) is 4.98 Å². The lowest BCUT2D eigenvalue weighted by atomic mass is 9.78. The number of aromatic nitrogens is 1. The second kappa shape index (κ2) is 6.85. The number of hydrogen-bond donors (Lipinski definition) is 2. The summed E-state index contributed by atoms with van der Waals surface area (Å²) in [6, 6.07) is 0. The largest absolute Gasteiger partial charge is 0.319 e. The van der Waals surface area contributed by atoms with Crippen molar-refractivity contribution >= 4 is 40.6 Å². The average molecular weight is 332 g/mol. The molecule has 1 atom stereocenters. The van der Waals surface area contributed by atoms with E-state index in [9.17, 15) is 9.59 Å². The van der Waals surface area contributed by atoms with Gasteiger partial charge in [0.1, 0.15) is 0 Å². The first kappa shape index (κ1) is 18.1. The number of carbonyl (C=O) groups is 2. The van der Waals surface area contributed by atoms with E-state index in [-0.39, 0.29) is 35.4 Å². The Hall–Kier alpha value is -0.980. The minimum absolute atomic E-state index is 0. The number of fused-ring (bicyclic) bond motifs is 1. The van der Waals surface area contributed by atoms with Crippen LogP contribution in [0.1, 0.15) is 42.6 Å². The number of Topliss-reactive ketones (excluding diaryl/α,β-unsaturated/α-hetero) is 1. The molecule has 2 rings (SSSR count). The van der Waals surface area contributed by atoms with Gasteiger partial charge in [-0.2, -0.15) is 0 Å². The number of halogens is 1. The molecule has 0 saturated heterocycles. The van der Waals surface area contributed by atoms with Crippen LogP contribution in [-0.2, 0) is 11.2 Å². The van der Waals surface area contributed by atoms with Crippen molar-refractivity contribution in [2.24, 2.45) is 11.3 Å². The maximum Gasteiger partial charge on any atom is 0.230 e. The maximum absolute atomic E-state index is 12.1. The quantitative estimate of drug-likeness (QED) is 0.889. The summed E-state index contributed by atoms with van der Waals surface area (Å²) in [6.45, 7) is 6.61. The van der Waals surface area contributed by atoms with E-state index >= 15 is 0 Å². The van der Waals surface area contributed by atoms with Gasteiger partial charge in [-0.05, 0) is 18.9 Å². The first-order chi connectivity index (χ1) is 9.32. The van der Waals surface area contributed by atoms with Crippen LogP contribution in [0.2, 0.25) is 0 Å². The number of nitrogens with zero attached hydrogens (tertiary/aromatic N) is 1. The zero-order chi connectivity index (χ0) is 14.9. The minimum Gasteiger partial charge on any atom is -0.319 e. The smallest absolute Gasteiger partial charge is 0.230 e. The summed E-state index contributed by atoms with van der Waals surface area (Å²) in [4.78, 5) is 29.2. The molecule has 1 aliphatic carbocycles. The third-order valence-corrected chi connectivity index (χ3v) is 4.48. The molecule has 1 heterocycles. The normalized spacial score (nSPS) is 17.6. The van der Waals surface area contributed by atoms with Crippen LogP contribution in [0.3, 0.4) is 0 Å². The second-order valence-electron chi connectivity index (χ2n) is 6.18. The number of nitrogens with one attached hydrogen (secondary N) is 2. The highest BCUT2D eigenvalue weighted by atomic mass is 35.5. The SMILES string of the molecule is CNCC(C)C(=O)Nc1nc2c(s1)C(=O)CC(C)(C)C2.Cl. The van der Waals surface area contributed by atoms with Gasteiger partial charge in [-0.15, -0.1) is 12.4 Å². The lowest BCUT2D eigenvalue weighted by Crippen LogP contribution is -2.28. The van der Waals surface area contributed by atoms with E-state index in [1.54, 1.807) is 0 Å². The van der Waals surface area contributed by atoms with Crippen LogP contribution in [-0.4, -0.2) is 30.3 Å². The molecule has 1 aromatic heterocycles. The molecule has 0 fully saturated rings. The number of amides is 1. The molecule has 0 radical (unpaired) electrons. The Morgan fingerprint density at radius 1 is 1.43 bits per heavy atom. The van der Waals surface area contributed by atoms with Gasteiger partial charge < -0.3 is 10.6 Å². The fourth-order valence-electron chi connectivity index (χ4n) is 2.40. The molecule has 118 valence electrons. The molecule has 5 nitrogen and oxygen atoms in total. The highest BCUT2D eigenvalue weighted by Gasteiger charge is 2.34. The van der Waals surface area contributed by atoms with Crippen LogP contribution in [0, 0.1) is 11.3 Å². The fourth-order valence-corrected chi connectivity index (χ4v) is 3.32. The number of ketones is 1. The minimum atomic E-state index is -0.131. The van der Waals surface area contributed by atoms with Crippen molar-refractivity contribution in [2.45, 2.75) is 33.6 Å². The number of hydrogen-bond acceptors (Lipinski definition) is 5. The summed E-state index contributed by atoms with van der Waals surface area (Å²) in [5.41, 5.74) is 0.784. The van der Waals surface area contributed by atoms with E-state index < -0.39 is 0 Å². The third kappa shape index (κ3) is 4.25. The van der Waals surface area contributed by atoms with Gasteiger partial charge in [0.05, 0.1) is 10.6 Å². The molecule has 0 saturated carbocycles. The van der Waals surface area contributed by atoms with Gasteiger partial charge in [0, 0.05) is 18.9 Å². The maximum atomic E-state index is 12.1. The summed E-state index contributed by atoms with van der Waals surface area (Å²) in [5, 5.41) is 6.31. The van der Waals surface area contributed by atoms with Gasteiger partial charge in [0.25, 0.3) is 0 Å². The zero-order valence-corrected chi connectivity index (χ0v) is 14.4. The van der Waals surface area contributed by atoms with Crippen molar-refractivity contribution in [3.05, 3.63) is 10.6 Å². The predicted octanol–water partition coefficient (Wildman–Crippen LogP) is 2.51. The summed E-state index contributed by atoms with van der Waals surface area (Å²) in [5.74, 6) is -0.0669. The Balaban J connectivity index is 0.00000220. The summed E-state index contributed by atoms with van der Waals surface area (Å²) in [6.07, 6.45) is 1.33. The van der Waals surface area contributed by atoms with Crippen LogP contribution in [0.25, 0.3) is 0 Å². The van der Waals surface area contributed by atoms with Gasteiger partial charge in [-0.1, -0.05) is 32.1 Å². The van der Waals surface area contributed by atoms with Gasteiger partial charge >= 0.3 is 0 Å². The van der Waals surface area contributed by atoms with Crippen LogP contribution in [0.5, 0.6) is 0 Å². The van der Waals surface area contributed by atoms with E-state index in [1.165, 1.54) is 11.3 Å². The molecule has 0 aromatic carbocycles. The lowest BCUT2D eigenvalue weighted by Gasteiger charge is -2.26. The molecular formula is C14H22ClN3O2S. The molecule has 21 heavy (non-hydrogen) atoms. The van der Waals surface area contributed by atoms with Gasteiger partial charge in [0.15, 0.2) is 10.9 Å². The zero-order valence-electron chi connectivity index (χ0n) is 12.8. The molecule has 7 heteroatoms. The Bertz CT molecular complexity index is 542. The van der Waals surface area contributed by atoms with Crippen molar-refractivity contribution < 1.29 is 9.59 Å². The van der Waals surface area contributed by atoms with Crippen LogP contribution >= 0.6 is 23.7 Å². The average Bonchev–Trinajstić information content (AvgIpc) is 2.70. The molecule has 1 amide bonds. The van der Waals surface area contributed by atoms with E-state index in [0.717, 1.165) is 12.1 Å². The molecule has 0 bridgehead atoms. The molecule has 1 aromatic rings. The van der Waals surface area contributed by atoms with Gasteiger partial charge in [0.2, 0.25) is 5.91 Å². The lowest BCUT2D eigenvalue weighted by molar-refractivity contribution is -0.119. The first-order valence-corrected chi connectivity index (χ1v) is 7.62. The van der Waals surface area contributed by atoms with Crippen molar-refractivity contribution in [3.63, 3.8) is 0 Å². The number of carbonyl (C=O) groups excluding carboxylic acids is 2. The van der Waals surface area contributed by atoms with Crippen molar-refractivity contribution in [3.8, 4) is 0 Å². The van der Waals surface area contributed by atoms with Crippen LogP contribution in [0.15, 0.2) is 0 Å². The Labute approximate surface area is 135 Å². The summed E-state index contributed by atoms with van der Waals surface area (Å²) >= 11 is 1.29. The summed E-state index contributed by atoms with van der Waals surface area (Å²) in [7, 11) is 1.81. The van der Waals surface area contributed by atoms with E-state index in [0.29, 0.717) is 23.0 Å². The molecule has 1 unspecified atom stereocenters. The predicted molar refractivity (Wildman–Crippen MR) is 87.5 cm³/mol. The summed E-state index contributed by atoms with van der Waals surface area (Å²) < 4.78 is 0. The van der Waals surface area contributed by atoms with E-state index in [2.05, 4.69) is 29.5 Å². The van der Waals surface area contributed by atoms with Crippen molar-refractivity contribution in [2.75, 3.05) is 18.9 Å². The van der Waals surface area contributed by atoms with Crippen molar-refractivity contribution in [1.29, 1.82) is 0 Å². The monoisotopic (exact) mass is 331 g/mol. The number of anilines is 1. The standard InChI is InChI=1S/C14H21N3O2S.ClH/c1-8(7-15-4)12(19)17-13-16-9-5-14(2,3)6-10(18)11(9)20-13;/h8,15H,5-7H2,1-4H3,(H,16,17,19);1H. The van der Waals surface area contributed by atoms with E-state index in [4.69, 9.17) is 0 Å². The highest BCUT2D eigenvalue weighted by Crippen LogP contribution is 2.38. The van der Waals surface area contributed by atoms with Gasteiger partial charge in [-0.3, -0.25) is 9.59 Å². The molecular weight excluding hydrogens is 310 g/mol. The Morgan fingerprint density at radius 3 is 2.71 bits per heavy atom. The fraction of sp³-hybridized carbons (Fsp3) is 0.643. The van der Waals surface area contributed by atoms with Crippen LogP contribution < -0.4 is 10.6 Å². The number of thiazole rings is 1. The highest BCUT2D eigenvalue weighted by molar-refractivity contribution is 7.17. The Kier molecular flexibility index (Phi) is 5.90. The first-order valence-electron chi connectivity index (χ1n) is 6.81. The topological polar surface area (TPSA) is 71.1 Å². The third-order valence-electron chi connectivity index (χ3n) is 3.42.